The van der Waals surface area contributed by atoms with E-state index in [0.717, 1.165) is 21.9 Å². The number of nitrogens with zero attached hydrogens (tertiary/aromatic N) is 1. The van der Waals surface area contributed by atoms with Gasteiger partial charge in [-0.2, -0.15) is 0 Å². The van der Waals surface area contributed by atoms with Gasteiger partial charge in [-0.05, 0) is 63.0 Å². The first-order chi connectivity index (χ1) is 17.9. The van der Waals surface area contributed by atoms with Crippen molar-refractivity contribution in [3.63, 3.8) is 0 Å². The van der Waals surface area contributed by atoms with Crippen LogP contribution in [0.4, 0.5) is 5.69 Å². The van der Waals surface area contributed by atoms with E-state index < -0.39 is 17.5 Å². The zero-order valence-electron chi connectivity index (χ0n) is 20.0. The average Bonchev–Trinajstić information content (AvgIpc) is 3.36. The number of amides is 1. The van der Waals surface area contributed by atoms with Gasteiger partial charge in [-0.25, -0.2) is 0 Å². The first-order valence-corrected chi connectivity index (χ1v) is 12.9. The van der Waals surface area contributed by atoms with Gasteiger partial charge in [0.1, 0.15) is 12.4 Å². The van der Waals surface area contributed by atoms with Crippen LogP contribution in [0.25, 0.3) is 10.8 Å². The van der Waals surface area contributed by atoms with Crippen LogP contribution in [0.1, 0.15) is 29.5 Å². The van der Waals surface area contributed by atoms with E-state index in [4.69, 9.17) is 4.74 Å². The summed E-state index contributed by atoms with van der Waals surface area (Å²) in [7, 11) is 0. The Hall–Kier alpha value is -3.75. The monoisotopic (exact) mass is 557 g/mol. The van der Waals surface area contributed by atoms with E-state index in [-0.39, 0.29) is 16.9 Å². The third-order valence-corrected chi connectivity index (χ3v) is 8.19. The molecule has 8 heteroatoms. The maximum Gasteiger partial charge on any atom is 0.256 e. The highest BCUT2D eigenvalue weighted by molar-refractivity contribution is 9.10. The fourth-order valence-corrected chi connectivity index (χ4v) is 6.48. The van der Waals surface area contributed by atoms with E-state index in [9.17, 15) is 14.9 Å². The summed E-state index contributed by atoms with van der Waals surface area (Å²) in [5, 5.41) is 21.0. The van der Waals surface area contributed by atoms with Crippen molar-refractivity contribution in [3.05, 3.63) is 116 Å². The number of nitrogens with one attached hydrogen (secondary N) is 2. The molecule has 6 rings (SSSR count). The number of para-hydroxylation sites is 1. The molecule has 7 nitrogen and oxygen atoms in total. The van der Waals surface area contributed by atoms with Crippen molar-refractivity contribution in [1.82, 2.24) is 5.32 Å². The molecule has 0 aromatic heterocycles. The summed E-state index contributed by atoms with van der Waals surface area (Å²) < 4.78 is 6.85. The smallest absolute Gasteiger partial charge is 0.256 e. The van der Waals surface area contributed by atoms with Gasteiger partial charge in [0, 0.05) is 22.2 Å². The van der Waals surface area contributed by atoms with Gasteiger partial charge < -0.3 is 10.1 Å². The molecule has 2 heterocycles. The lowest BCUT2D eigenvalue weighted by molar-refractivity contribution is -0.532. The topological polar surface area (TPSA) is 93.5 Å². The van der Waals surface area contributed by atoms with E-state index in [1.807, 2.05) is 55.5 Å². The molecule has 37 heavy (non-hydrogen) atoms. The molecule has 2 N–H and O–H groups in total. The summed E-state index contributed by atoms with van der Waals surface area (Å²) in [5.74, 6) is -0.277. The average molecular weight is 558 g/mol. The fraction of sp³-hybridized carbons (Fsp3) is 0.207. The standard InChI is InChI=1S/C29H24BrN3O4/c1-17-26(27(33(35)36)29(32-17)22-11-4-5-12-24(22)31-28(29)34)19-13-14-25(23(30)15-19)37-16-20-9-6-8-18-7-2-3-10-21(18)20/h2-15,17,26-27,32H,16H2,1H3,(H,31,34)/t17-,26+,27+,29-/m0/s1. The van der Waals surface area contributed by atoms with Crippen LogP contribution in [0.15, 0.2) is 89.4 Å². The minimum absolute atomic E-state index is 0.318. The van der Waals surface area contributed by atoms with Crippen molar-refractivity contribution in [3.8, 4) is 5.75 Å². The largest absolute Gasteiger partial charge is 0.488 e. The number of benzene rings is 4. The number of rotatable bonds is 5. The summed E-state index contributed by atoms with van der Waals surface area (Å²) in [5.41, 5.74) is 1.63. The van der Waals surface area contributed by atoms with Crippen molar-refractivity contribution in [1.29, 1.82) is 0 Å². The van der Waals surface area contributed by atoms with Crippen LogP contribution in [-0.2, 0) is 16.9 Å². The van der Waals surface area contributed by atoms with Gasteiger partial charge in [-0.15, -0.1) is 0 Å². The Bertz CT molecular complexity index is 1550. The minimum atomic E-state index is -1.43. The van der Waals surface area contributed by atoms with Gasteiger partial charge in [0.15, 0.2) is 5.54 Å². The highest BCUT2D eigenvalue weighted by atomic mass is 79.9. The Labute approximate surface area is 222 Å². The summed E-state index contributed by atoms with van der Waals surface area (Å²) in [6.45, 7) is 2.28. The molecule has 1 amide bonds. The summed E-state index contributed by atoms with van der Waals surface area (Å²) >= 11 is 3.61. The highest BCUT2D eigenvalue weighted by Crippen LogP contribution is 2.50. The van der Waals surface area contributed by atoms with E-state index in [1.54, 1.807) is 18.2 Å². The third-order valence-electron chi connectivity index (χ3n) is 7.57. The SMILES string of the molecule is C[C@@H]1N[C@]2(C(=O)Nc3ccccc32)[C@H]([N+](=O)[O-])[C@H]1c1ccc(OCc2cccc3ccccc23)c(Br)c1. The van der Waals surface area contributed by atoms with Crippen LogP contribution in [0.5, 0.6) is 5.75 Å². The molecule has 1 spiro atoms. The molecule has 1 fully saturated rings. The molecule has 4 aromatic rings. The molecular weight excluding hydrogens is 534 g/mol. The number of carbonyl (C=O) groups is 1. The van der Waals surface area contributed by atoms with E-state index in [1.165, 1.54) is 0 Å². The molecule has 0 saturated carbocycles. The van der Waals surface area contributed by atoms with Crippen LogP contribution in [0.3, 0.4) is 0 Å². The molecule has 186 valence electrons. The maximum absolute atomic E-state index is 13.2. The second-order valence-electron chi connectivity index (χ2n) is 9.61. The van der Waals surface area contributed by atoms with E-state index in [2.05, 4.69) is 44.8 Å². The number of ether oxygens (including phenoxy) is 1. The molecule has 1 saturated heterocycles. The van der Waals surface area contributed by atoms with Gasteiger partial charge in [-0.1, -0.05) is 66.7 Å². The Kier molecular flexibility index (Phi) is 5.73. The van der Waals surface area contributed by atoms with Crippen molar-refractivity contribution >= 4 is 38.3 Å². The first kappa shape index (κ1) is 23.6. The van der Waals surface area contributed by atoms with Crippen molar-refractivity contribution in [2.45, 2.75) is 37.1 Å². The Morgan fingerprint density at radius 1 is 1.03 bits per heavy atom. The van der Waals surface area contributed by atoms with E-state index in [0.29, 0.717) is 28.1 Å². The Balaban J connectivity index is 1.31. The van der Waals surface area contributed by atoms with Gasteiger partial charge in [0.05, 0.1) is 10.4 Å². The van der Waals surface area contributed by atoms with Gasteiger partial charge in [-0.3, -0.25) is 20.2 Å². The molecule has 0 unspecified atom stereocenters. The first-order valence-electron chi connectivity index (χ1n) is 12.1. The summed E-state index contributed by atoms with van der Waals surface area (Å²) in [6.07, 6.45) is 0. The molecule has 0 aliphatic carbocycles. The van der Waals surface area contributed by atoms with Crippen molar-refractivity contribution in [2.75, 3.05) is 5.32 Å². The van der Waals surface area contributed by atoms with E-state index >= 15 is 0 Å². The summed E-state index contributed by atoms with van der Waals surface area (Å²) in [6, 6.07) is 25.5. The molecule has 2 aliphatic heterocycles. The van der Waals surface area contributed by atoms with Crippen molar-refractivity contribution < 1.29 is 14.5 Å². The molecule has 2 aliphatic rings. The predicted molar refractivity (Wildman–Crippen MR) is 145 cm³/mol. The molecule has 0 bridgehead atoms. The van der Waals surface area contributed by atoms with Gasteiger partial charge in [0.25, 0.3) is 11.9 Å². The predicted octanol–water partition coefficient (Wildman–Crippen LogP) is 5.75. The lowest BCUT2D eigenvalue weighted by atomic mass is 9.78. The number of hydrogen-bond acceptors (Lipinski definition) is 5. The lowest BCUT2D eigenvalue weighted by Crippen LogP contribution is -2.54. The van der Waals surface area contributed by atoms with Crippen LogP contribution in [-0.4, -0.2) is 22.9 Å². The van der Waals surface area contributed by atoms with Crippen molar-refractivity contribution in [2.24, 2.45) is 0 Å². The molecule has 0 radical (unpaired) electrons. The fourth-order valence-electron chi connectivity index (χ4n) is 5.97. The number of nitro groups is 1. The molecular formula is C29H24BrN3O4. The Morgan fingerprint density at radius 3 is 2.59 bits per heavy atom. The minimum Gasteiger partial charge on any atom is -0.488 e. The number of halogens is 1. The zero-order chi connectivity index (χ0) is 25.7. The zero-order valence-corrected chi connectivity index (χ0v) is 21.6. The highest BCUT2D eigenvalue weighted by Gasteiger charge is 2.67. The number of fused-ring (bicyclic) bond motifs is 3. The lowest BCUT2D eigenvalue weighted by Gasteiger charge is -2.25. The molecule has 4 aromatic carbocycles. The maximum atomic E-state index is 13.2. The van der Waals surface area contributed by atoms with Crippen LogP contribution < -0.4 is 15.4 Å². The van der Waals surface area contributed by atoms with Crippen LogP contribution in [0, 0.1) is 10.1 Å². The van der Waals surface area contributed by atoms with Crippen LogP contribution in [0.2, 0.25) is 0 Å². The molecule has 4 atom stereocenters. The van der Waals surface area contributed by atoms with Crippen LogP contribution >= 0.6 is 15.9 Å². The second kappa shape index (κ2) is 8.97. The van der Waals surface area contributed by atoms with Gasteiger partial charge in [0.2, 0.25) is 0 Å². The number of carbonyl (C=O) groups excluding carboxylic acids is 1. The second-order valence-corrected chi connectivity index (χ2v) is 10.5. The Morgan fingerprint density at radius 2 is 1.78 bits per heavy atom. The summed E-state index contributed by atoms with van der Waals surface area (Å²) in [4.78, 5) is 25.4. The third kappa shape index (κ3) is 3.70. The number of hydrogen-bond donors (Lipinski definition) is 2. The van der Waals surface area contributed by atoms with Gasteiger partial charge >= 0.3 is 0 Å². The number of anilines is 1. The normalized spacial score (nSPS) is 24.3. The quantitative estimate of drug-likeness (QED) is 0.241.